The van der Waals surface area contributed by atoms with Crippen molar-refractivity contribution in [3.63, 3.8) is 0 Å². The van der Waals surface area contributed by atoms with Gasteiger partial charge in [-0.15, -0.1) is 0 Å². The van der Waals surface area contributed by atoms with Gasteiger partial charge in [0.05, 0.1) is 0 Å². The number of benzene rings is 1. The molecule has 1 aromatic carbocycles. The van der Waals surface area contributed by atoms with E-state index in [0.29, 0.717) is 5.56 Å². The van der Waals surface area contributed by atoms with E-state index in [2.05, 4.69) is 9.36 Å². The highest BCUT2D eigenvalue weighted by atomic mass is 32.2. The monoisotopic (exact) mass is 308 g/mol. The van der Waals surface area contributed by atoms with Gasteiger partial charge in [-0.2, -0.15) is 4.37 Å². The van der Waals surface area contributed by atoms with E-state index in [4.69, 9.17) is 0 Å². The third kappa shape index (κ3) is 4.19. The lowest BCUT2D eigenvalue weighted by molar-refractivity contribution is 0.104. The first-order chi connectivity index (χ1) is 9.19. The maximum atomic E-state index is 11.9. The van der Waals surface area contributed by atoms with Crippen molar-refractivity contribution in [2.75, 3.05) is 6.26 Å². The number of hydrogen-bond donors (Lipinski definition) is 0. The van der Waals surface area contributed by atoms with Gasteiger partial charge in [-0.05, 0) is 36.2 Å². The second-order valence-electron chi connectivity index (χ2n) is 3.70. The van der Waals surface area contributed by atoms with Crippen LogP contribution < -0.4 is 0 Å². The fourth-order valence-electron chi connectivity index (χ4n) is 1.30. The summed E-state index contributed by atoms with van der Waals surface area (Å²) in [7, 11) is 0. The number of ketones is 1. The van der Waals surface area contributed by atoms with Crippen molar-refractivity contribution < 1.29 is 4.79 Å². The Kier molecular flexibility index (Phi) is 5.18. The highest BCUT2D eigenvalue weighted by Gasteiger charge is 2.03. The number of nitrogens with zero attached hydrogens (tertiary/aromatic N) is 2. The summed E-state index contributed by atoms with van der Waals surface area (Å²) in [6.07, 6.45) is 3.50. The SMILES string of the molecule is CSc1nsc(S/C=C/C(=O)c2ccc(C)cc2)n1. The van der Waals surface area contributed by atoms with Gasteiger partial charge in [0.15, 0.2) is 10.1 Å². The van der Waals surface area contributed by atoms with E-state index in [1.54, 1.807) is 11.5 Å². The minimum Gasteiger partial charge on any atom is -0.289 e. The number of hydrogen-bond acceptors (Lipinski definition) is 6. The summed E-state index contributed by atoms with van der Waals surface area (Å²) in [5.74, 6) is 0.00195. The van der Waals surface area contributed by atoms with Gasteiger partial charge in [-0.3, -0.25) is 4.79 Å². The molecule has 0 bridgehead atoms. The Morgan fingerprint density at radius 2 is 2.05 bits per heavy atom. The van der Waals surface area contributed by atoms with Crippen LogP contribution in [-0.2, 0) is 0 Å². The Hall–Kier alpha value is -1.11. The van der Waals surface area contributed by atoms with Crippen LogP contribution in [0.3, 0.4) is 0 Å². The van der Waals surface area contributed by atoms with Crippen molar-refractivity contribution in [3.8, 4) is 0 Å². The van der Waals surface area contributed by atoms with Crippen LogP contribution >= 0.6 is 35.1 Å². The molecule has 0 aliphatic heterocycles. The van der Waals surface area contributed by atoms with Crippen LogP contribution in [0.1, 0.15) is 15.9 Å². The Bertz CT molecular complexity index is 590. The van der Waals surface area contributed by atoms with E-state index < -0.39 is 0 Å². The summed E-state index contributed by atoms with van der Waals surface area (Å²) in [6.45, 7) is 2.00. The van der Waals surface area contributed by atoms with Gasteiger partial charge >= 0.3 is 0 Å². The summed E-state index contributed by atoms with van der Waals surface area (Å²) < 4.78 is 5.00. The summed E-state index contributed by atoms with van der Waals surface area (Å²) in [5, 5.41) is 2.53. The Morgan fingerprint density at radius 3 is 2.68 bits per heavy atom. The zero-order valence-electron chi connectivity index (χ0n) is 10.5. The average molecular weight is 308 g/mol. The van der Waals surface area contributed by atoms with E-state index in [-0.39, 0.29) is 5.78 Å². The summed E-state index contributed by atoms with van der Waals surface area (Å²) in [5.41, 5.74) is 1.85. The first kappa shape index (κ1) is 14.3. The second-order valence-corrected chi connectivity index (χ2v) is 6.38. The molecule has 0 saturated carbocycles. The van der Waals surface area contributed by atoms with Crippen LogP contribution in [0.15, 0.2) is 45.2 Å². The molecule has 0 saturated heterocycles. The number of aryl methyl sites for hydroxylation is 1. The zero-order valence-corrected chi connectivity index (χ0v) is 12.9. The molecule has 0 fully saturated rings. The van der Waals surface area contributed by atoms with Crippen molar-refractivity contribution in [2.24, 2.45) is 0 Å². The van der Waals surface area contributed by atoms with Gasteiger partial charge in [0, 0.05) is 5.56 Å². The van der Waals surface area contributed by atoms with Crippen LogP contribution in [-0.4, -0.2) is 21.4 Å². The number of aromatic nitrogens is 2. The molecule has 6 heteroatoms. The Balaban J connectivity index is 1.95. The molecule has 0 spiro atoms. The van der Waals surface area contributed by atoms with Crippen LogP contribution in [0, 0.1) is 6.92 Å². The Labute approximate surface area is 124 Å². The van der Waals surface area contributed by atoms with E-state index in [1.807, 2.05) is 37.4 Å². The van der Waals surface area contributed by atoms with Gasteiger partial charge in [-0.25, -0.2) is 4.98 Å². The minimum atomic E-state index is 0.00195. The quantitative estimate of drug-likeness (QED) is 0.473. The highest BCUT2D eigenvalue weighted by molar-refractivity contribution is 8.03. The lowest BCUT2D eigenvalue weighted by Gasteiger charge is -1.96. The molecular weight excluding hydrogens is 296 g/mol. The lowest BCUT2D eigenvalue weighted by atomic mass is 10.1. The second kappa shape index (κ2) is 6.88. The normalized spacial score (nSPS) is 11.1. The fraction of sp³-hybridized carbons (Fsp3) is 0.154. The van der Waals surface area contributed by atoms with E-state index in [1.165, 1.54) is 35.1 Å². The van der Waals surface area contributed by atoms with Crippen molar-refractivity contribution in [1.82, 2.24) is 9.36 Å². The van der Waals surface area contributed by atoms with Gasteiger partial charge in [0.25, 0.3) is 0 Å². The van der Waals surface area contributed by atoms with E-state index in [0.717, 1.165) is 15.1 Å². The molecule has 0 aliphatic rings. The van der Waals surface area contributed by atoms with Gasteiger partial charge in [-0.1, -0.05) is 53.4 Å². The molecule has 2 rings (SSSR count). The number of carbonyl (C=O) groups excluding carboxylic acids is 1. The first-order valence-electron chi connectivity index (χ1n) is 5.51. The standard InChI is InChI=1S/C13H12N2OS3/c1-9-3-5-10(6-4-9)11(16)7-8-18-13-14-12(17-2)15-19-13/h3-8H,1-2H3/b8-7+. The molecule has 1 heterocycles. The molecule has 1 aromatic heterocycles. The average Bonchev–Trinajstić information content (AvgIpc) is 2.87. The van der Waals surface area contributed by atoms with Crippen LogP contribution in [0.25, 0.3) is 0 Å². The van der Waals surface area contributed by atoms with E-state index >= 15 is 0 Å². The summed E-state index contributed by atoms with van der Waals surface area (Å²) in [6, 6.07) is 7.54. The fourth-order valence-corrected chi connectivity index (χ4v) is 3.23. The number of rotatable bonds is 5. The van der Waals surface area contributed by atoms with Gasteiger partial charge < -0.3 is 0 Å². The smallest absolute Gasteiger partial charge is 0.200 e. The molecule has 0 unspecified atom stereocenters. The molecular formula is C13H12N2OS3. The van der Waals surface area contributed by atoms with Crippen molar-refractivity contribution in [3.05, 3.63) is 46.9 Å². The predicted molar refractivity (Wildman–Crippen MR) is 82.2 cm³/mol. The van der Waals surface area contributed by atoms with Gasteiger partial charge in [0.1, 0.15) is 0 Å². The third-order valence-corrected chi connectivity index (χ3v) is 4.55. The molecule has 98 valence electrons. The molecule has 0 atom stereocenters. The van der Waals surface area contributed by atoms with Gasteiger partial charge in [0.2, 0.25) is 5.16 Å². The molecule has 3 nitrogen and oxygen atoms in total. The largest absolute Gasteiger partial charge is 0.289 e. The minimum absolute atomic E-state index is 0.00195. The molecule has 0 aliphatic carbocycles. The third-order valence-electron chi connectivity index (χ3n) is 2.30. The molecule has 0 radical (unpaired) electrons. The van der Waals surface area contributed by atoms with Crippen molar-refractivity contribution in [1.29, 1.82) is 0 Å². The lowest BCUT2D eigenvalue weighted by Crippen LogP contribution is -1.93. The van der Waals surface area contributed by atoms with Crippen LogP contribution in [0.4, 0.5) is 0 Å². The van der Waals surface area contributed by atoms with Crippen molar-refractivity contribution in [2.45, 2.75) is 16.4 Å². The molecule has 2 aromatic rings. The first-order valence-corrected chi connectivity index (χ1v) is 8.39. The molecule has 0 amide bonds. The topological polar surface area (TPSA) is 42.9 Å². The Morgan fingerprint density at radius 1 is 1.32 bits per heavy atom. The molecule has 19 heavy (non-hydrogen) atoms. The molecule has 0 N–H and O–H groups in total. The van der Waals surface area contributed by atoms with Crippen LogP contribution in [0.5, 0.6) is 0 Å². The summed E-state index contributed by atoms with van der Waals surface area (Å²) in [4.78, 5) is 16.2. The van der Waals surface area contributed by atoms with Crippen molar-refractivity contribution >= 4 is 40.8 Å². The maximum Gasteiger partial charge on any atom is 0.200 e. The maximum absolute atomic E-state index is 11.9. The predicted octanol–water partition coefficient (Wildman–Crippen LogP) is 4.06. The number of allylic oxidation sites excluding steroid dienone is 1. The van der Waals surface area contributed by atoms with Crippen LogP contribution in [0.2, 0.25) is 0 Å². The highest BCUT2D eigenvalue weighted by Crippen LogP contribution is 2.24. The number of carbonyl (C=O) groups is 1. The number of thioether (sulfide) groups is 2. The van der Waals surface area contributed by atoms with E-state index in [9.17, 15) is 4.79 Å². The summed E-state index contributed by atoms with van der Waals surface area (Å²) >= 11 is 4.27. The zero-order chi connectivity index (χ0) is 13.7.